The normalized spacial score (nSPS) is 10.9. The van der Waals surface area contributed by atoms with Gasteiger partial charge in [0.25, 0.3) is 5.22 Å². The van der Waals surface area contributed by atoms with E-state index in [2.05, 4.69) is 15.4 Å². The lowest BCUT2D eigenvalue weighted by Crippen LogP contribution is -2.17. The molecule has 2 aromatic heterocycles. The first kappa shape index (κ1) is 17.3. The van der Waals surface area contributed by atoms with E-state index in [0.29, 0.717) is 11.0 Å². The van der Waals surface area contributed by atoms with Crippen LogP contribution in [0.2, 0.25) is 0 Å². The molecule has 25 heavy (non-hydrogen) atoms. The van der Waals surface area contributed by atoms with Crippen LogP contribution in [0, 0.1) is 27.7 Å². The van der Waals surface area contributed by atoms with Crippen molar-refractivity contribution < 1.29 is 9.21 Å². The van der Waals surface area contributed by atoms with E-state index in [1.807, 2.05) is 58.0 Å². The molecule has 0 unspecified atom stereocenters. The Labute approximate surface area is 150 Å². The summed E-state index contributed by atoms with van der Waals surface area (Å²) >= 11 is 1.27. The number of aryl methyl sites for hydroxylation is 4. The number of amides is 1. The number of thioether (sulfide) groups is 1. The summed E-state index contributed by atoms with van der Waals surface area (Å²) in [4.78, 5) is 16.5. The fourth-order valence-corrected chi connectivity index (χ4v) is 2.99. The van der Waals surface area contributed by atoms with Crippen LogP contribution < -0.4 is 5.32 Å². The Morgan fingerprint density at radius 1 is 1.20 bits per heavy atom. The molecule has 0 fully saturated rings. The number of nitrogens with one attached hydrogen (secondary N) is 1. The molecule has 1 aromatic carbocycles. The third-order valence-electron chi connectivity index (χ3n) is 3.71. The molecular formula is C18H20N4O2S. The van der Waals surface area contributed by atoms with Crippen LogP contribution >= 0.6 is 11.8 Å². The monoisotopic (exact) mass is 356 g/mol. The number of carbonyl (C=O) groups excluding carboxylic acids is 1. The van der Waals surface area contributed by atoms with Crippen molar-refractivity contribution in [1.82, 2.24) is 14.8 Å². The molecule has 130 valence electrons. The Bertz CT molecular complexity index is 877. The standard InChI is InChI=1S/C18H20N4O2S/c1-11-5-7-15(8-6-11)22-16(9-12(2)21-22)20-17(23)10-25-18-19-13(3)14(4)24-18/h5-9H,10H2,1-4H3,(H,20,23). The van der Waals surface area contributed by atoms with E-state index < -0.39 is 0 Å². The van der Waals surface area contributed by atoms with Crippen molar-refractivity contribution in [3.05, 3.63) is 53.0 Å². The lowest BCUT2D eigenvalue weighted by molar-refractivity contribution is -0.113. The molecular weight excluding hydrogens is 336 g/mol. The Kier molecular flexibility index (Phi) is 4.94. The minimum absolute atomic E-state index is 0.133. The van der Waals surface area contributed by atoms with Gasteiger partial charge in [0.2, 0.25) is 5.91 Å². The van der Waals surface area contributed by atoms with Crippen molar-refractivity contribution in [1.29, 1.82) is 0 Å². The Hall–Kier alpha value is -2.54. The van der Waals surface area contributed by atoms with E-state index in [9.17, 15) is 4.79 Å². The number of carbonyl (C=O) groups is 1. The van der Waals surface area contributed by atoms with Gasteiger partial charge in [0.1, 0.15) is 11.6 Å². The van der Waals surface area contributed by atoms with E-state index in [0.717, 1.165) is 22.8 Å². The lowest BCUT2D eigenvalue weighted by Gasteiger charge is -2.08. The molecule has 1 amide bonds. The molecule has 6 nitrogen and oxygen atoms in total. The number of benzene rings is 1. The highest BCUT2D eigenvalue weighted by molar-refractivity contribution is 7.99. The summed E-state index contributed by atoms with van der Waals surface area (Å²) in [6.45, 7) is 7.67. The first-order valence-corrected chi connectivity index (χ1v) is 8.91. The third kappa shape index (κ3) is 4.11. The predicted octanol–water partition coefficient (Wildman–Crippen LogP) is 3.82. The van der Waals surface area contributed by atoms with E-state index in [1.54, 1.807) is 4.68 Å². The van der Waals surface area contributed by atoms with Gasteiger partial charge in [-0.15, -0.1) is 0 Å². The van der Waals surface area contributed by atoms with Gasteiger partial charge in [0, 0.05) is 6.07 Å². The Balaban J connectivity index is 1.70. The molecule has 3 rings (SSSR count). The van der Waals surface area contributed by atoms with Crippen LogP contribution in [-0.4, -0.2) is 26.4 Å². The first-order valence-electron chi connectivity index (χ1n) is 7.93. The van der Waals surface area contributed by atoms with Gasteiger partial charge < -0.3 is 9.73 Å². The van der Waals surface area contributed by atoms with Gasteiger partial charge in [-0.1, -0.05) is 29.5 Å². The van der Waals surface area contributed by atoms with Crippen LogP contribution in [0.1, 0.15) is 22.7 Å². The van der Waals surface area contributed by atoms with Crippen LogP contribution in [0.3, 0.4) is 0 Å². The molecule has 0 atom stereocenters. The molecule has 0 saturated carbocycles. The Morgan fingerprint density at radius 2 is 1.92 bits per heavy atom. The molecule has 0 aliphatic heterocycles. The lowest BCUT2D eigenvalue weighted by atomic mass is 10.2. The minimum atomic E-state index is -0.133. The first-order chi connectivity index (χ1) is 11.9. The van der Waals surface area contributed by atoms with Gasteiger partial charge in [-0.2, -0.15) is 5.10 Å². The average Bonchev–Trinajstić information content (AvgIpc) is 3.08. The fourth-order valence-electron chi connectivity index (χ4n) is 2.28. The van der Waals surface area contributed by atoms with Gasteiger partial charge >= 0.3 is 0 Å². The number of rotatable bonds is 5. The highest BCUT2D eigenvalue weighted by Gasteiger charge is 2.13. The quantitative estimate of drug-likeness (QED) is 0.704. The second kappa shape index (κ2) is 7.14. The summed E-state index contributed by atoms with van der Waals surface area (Å²) in [6.07, 6.45) is 0. The van der Waals surface area contributed by atoms with Crippen molar-refractivity contribution in [3.8, 4) is 5.69 Å². The Morgan fingerprint density at radius 3 is 2.56 bits per heavy atom. The zero-order valence-electron chi connectivity index (χ0n) is 14.7. The van der Waals surface area contributed by atoms with E-state index in [1.165, 1.54) is 17.3 Å². The molecule has 0 bridgehead atoms. The number of hydrogen-bond acceptors (Lipinski definition) is 5. The summed E-state index contributed by atoms with van der Waals surface area (Å²) < 4.78 is 7.21. The third-order valence-corrected chi connectivity index (χ3v) is 4.54. The molecule has 0 saturated heterocycles. The molecule has 0 aliphatic rings. The number of aromatic nitrogens is 3. The van der Waals surface area contributed by atoms with E-state index in [4.69, 9.17) is 4.42 Å². The summed E-state index contributed by atoms with van der Waals surface area (Å²) in [5.41, 5.74) is 3.75. The second-order valence-electron chi connectivity index (χ2n) is 5.88. The maximum Gasteiger partial charge on any atom is 0.256 e. The second-order valence-corrected chi connectivity index (χ2v) is 6.80. The number of nitrogens with zero attached hydrogens (tertiary/aromatic N) is 3. The van der Waals surface area contributed by atoms with Crippen LogP contribution in [0.5, 0.6) is 0 Å². The minimum Gasteiger partial charge on any atom is -0.437 e. The molecule has 0 radical (unpaired) electrons. The summed E-state index contributed by atoms with van der Waals surface area (Å²) in [5, 5.41) is 7.88. The van der Waals surface area contributed by atoms with Gasteiger partial charge in [0.05, 0.1) is 22.8 Å². The van der Waals surface area contributed by atoms with Gasteiger partial charge in [-0.3, -0.25) is 4.79 Å². The number of hydrogen-bond donors (Lipinski definition) is 1. The molecule has 2 heterocycles. The maximum absolute atomic E-state index is 12.3. The zero-order chi connectivity index (χ0) is 18.0. The van der Waals surface area contributed by atoms with Crippen molar-refractivity contribution in [2.45, 2.75) is 32.9 Å². The van der Waals surface area contributed by atoms with Crippen molar-refractivity contribution in [2.75, 3.05) is 11.1 Å². The summed E-state index contributed by atoms with van der Waals surface area (Å²) in [5.74, 6) is 1.51. The molecule has 1 N–H and O–H groups in total. The highest BCUT2D eigenvalue weighted by atomic mass is 32.2. The highest BCUT2D eigenvalue weighted by Crippen LogP contribution is 2.21. The van der Waals surface area contributed by atoms with Crippen molar-refractivity contribution >= 4 is 23.5 Å². The largest absolute Gasteiger partial charge is 0.437 e. The van der Waals surface area contributed by atoms with Crippen LogP contribution in [0.15, 0.2) is 40.0 Å². The van der Waals surface area contributed by atoms with Crippen LogP contribution in [-0.2, 0) is 4.79 Å². The summed E-state index contributed by atoms with van der Waals surface area (Å²) in [6, 6.07) is 9.83. The number of oxazole rings is 1. The fraction of sp³-hybridized carbons (Fsp3) is 0.278. The molecule has 0 spiro atoms. The van der Waals surface area contributed by atoms with Crippen molar-refractivity contribution in [2.24, 2.45) is 0 Å². The smallest absolute Gasteiger partial charge is 0.256 e. The molecule has 3 aromatic rings. The van der Waals surface area contributed by atoms with Crippen LogP contribution in [0.25, 0.3) is 5.69 Å². The van der Waals surface area contributed by atoms with E-state index in [-0.39, 0.29) is 11.7 Å². The van der Waals surface area contributed by atoms with Crippen LogP contribution in [0.4, 0.5) is 5.82 Å². The van der Waals surface area contributed by atoms with E-state index >= 15 is 0 Å². The average molecular weight is 356 g/mol. The zero-order valence-corrected chi connectivity index (χ0v) is 15.5. The van der Waals surface area contributed by atoms with Crippen molar-refractivity contribution in [3.63, 3.8) is 0 Å². The SMILES string of the molecule is Cc1ccc(-n2nc(C)cc2NC(=O)CSc2nc(C)c(C)o2)cc1. The topological polar surface area (TPSA) is 73.0 Å². The molecule has 0 aliphatic carbocycles. The predicted molar refractivity (Wildman–Crippen MR) is 98.4 cm³/mol. The molecule has 7 heteroatoms. The van der Waals surface area contributed by atoms with Gasteiger partial charge in [-0.25, -0.2) is 9.67 Å². The van der Waals surface area contributed by atoms with Gasteiger partial charge in [-0.05, 0) is 39.8 Å². The summed E-state index contributed by atoms with van der Waals surface area (Å²) in [7, 11) is 0. The maximum atomic E-state index is 12.3. The van der Waals surface area contributed by atoms with Gasteiger partial charge in [0.15, 0.2) is 0 Å². The number of anilines is 1.